The lowest BCUT2D eigenvalue weighted by atomic mass is 9.80. The van der Waals surface area contributed by atoms with Gasteiger partial charge in [-0.1, -0.05) is 60.5 Å². The number of Topliss-reactive ketones (excluding diaryl/α,β-unsaturated/α-hetero) is 1. The molecule has 4 rings (SSSR count). The Bertz CT molecular complexity index is 1290. The summed E-state index contributed by atoms with van der Waals surface area (Å²) in [5.74, 6) is 3.19. The number of methoxy groups -OCH3 is 1. The lowest BCUT2D eigenvalue weighted by Gasteiger charge is -2.19. The topological polar surface area (TPSA) is 77.5 Å². The first-order valence-electron chi connectivity index (χ1n) is 9.08. The second-order valence-corrected chi connectivity index (χ2v) is 6.55. The van der Waals surface area contributed by atoms with Gasteiger partial charge in [-0.15, -0.1) is 0 Å². The molecule has 3 aromatic rings. The number of rotatable bonds is 2. The average molecular weight is 394 g/mol. The highest BCUT2D eigenvalue weighted by Crippen LogP contribution is 2.31. The van der Waals surface area contributed by atoms with E-state index in [0.717, 1.165) is 0 Å². The van der Waals surface area contributed by atoms with Crippen LogP contribution in [0.2, 0.25) is 0 Å². The molecule has 0 unspecified atom stereocenters. The van der Waals surface area contributed by atoms with E-state index in [1.54, 1.807) is 54.6 Å². The minimum absolute atomic E-state index is 0.00922. The Morgan fingerprint density at radius 3 is 2.07 bits per heavy atom. The number of ether oxygens (including phenoxy) is 1. The summed E-state index contributed by atoms with van der Waals surface area (Å²) in [7, 11) is 1.20. The third-order valence-corrected chi connectivity index (χ3v) is 4.84. The van der Waals surface area contributed by atoms with Crippen LogP contribution in [-0.2, 0) is 4.74 Å². The first kappa shape index (κ1) is 19.0. The van der Waals surface area contributed by atoms with E-state index in [1.165, 1.54) is 19.2 Å². The number of hydrogen-bond donors (Lipinski definition) is 0. The van der Waals surface area contributed by atoms with Crippen LogP contribution in [0, 0.1) is 11.8 Å². The van der Waals surface area contributed by atoms with E-state index in [2.05, 4.69) is 11.8 Å². The van der Waals surface area contributed by atoms with E-state index in [-0.39, 0.29) is 33.6 Å². The molecule has 5 heteroatoms. The van der Waals surface area contributed by atoms with Crippen molar-refractivity contribution in [2.24, 2.45) is 0 Å². The molecule has 0 N–H and O–H groups in total. The molecule has 0 heterocycles. The molecule has 0 radical (unpaired) electrons. The van der Waals surface area contributed by atoms with Gasteiger partial charge >= 0.3 is 5.97 Å². The van der Waals surface area contributed by atoms with Gasteiger partial charge in [-0.05, 0) is 18.1 Å². The minimum atomic E-state index is -0.714. The fourth-order valence-corrected chi connectivity index (χ4v) is 3.38. The zero-order chi connectivity index (χ0) is 21.3. The quantitative estimate of drug-likeness (QED) is 0.296. The van der Waals surface area contributed by atoms with E-state index in [4.69, 9.17) is 4.74 Å². The fraction of sp³-hybridized carbons (Fsp3) is 0.0400. The van der Waals surface area contributed by atoms with Crippen molar-refractivity contribution in [2.75, 3.05) is 7.11 Å². The van der Waals surface area contributed by atoms with Crippen molar-refractivity contribution in [1.82, 2.24) is 0 Å². The average Bonchev–Trinajstić information content (AvgIpc) is 2.80. The maximum atomic E-state index is 13.2. The molecule has 0 fully saturated rings. The molecule has 0 aromatic heterocycles. The molecule has 5 nitrogen and oxygen atoms in total. The molecule has 0 amide bonds. The molecule has 30 heavy (non-hydrogen) atoms. The summed E-state index contributed by atoms with van der Waals surface area (Å²) in [6, 6.07) is 17.7. The molecule has 0 saturated heterocycles. The maximum Gasteiger partial charge on any atom is 0.339 e. The predicted molar refractivity (Wildman–Crippen MR) is 109 cm³/mol. The van der Waals surface area contributed by atoms with Crippen LogP contribution in [0.15, 0.2) is 66.7 Å². The summed E-state index contributed by atoms with van der Waals surface area (Å²) in [6.07, 6.45) is 0. The summed E-state index contributed by atoms with van der Waals surface area (Å²) in [6.45, 7) is 0. The molecule has 144 valence electrons. The summed E-state index contributed by atoms with van der Waals surface area (Å²) >= 11 is 0. The van der Waals surface area contributed by atoms with Gasteiger partial charge in [0.25, 0.3) is 0 Å². The van der Waals surface area contributed by atoms with Gasteiger partial charge in [0.05, 0.1) is 23.8 Å². The molecular formula is C25H14O5. The van der Waals surface area contributed by atoms with E-state index < -0.39 is 17.5 Å². The van der Waals surface area contributed by atoms with Crippen molar-refractivity contribution in [2.45, 2.75) is 0 Å². The zero-order valence-electron chi connectivity index (χ0n) is 15.9. The third kappa shape index (κ3) is 3.11. The molecular weight excluding hydrogens is 380 g/mol. The van der Waals surface area contributed by atoms with Gasteiger partial charge in [-0.3, -0.25) is 14.4 Å². The van der Waals surface area contributed by atoms with Crippen molar-refractivity contribution in [1.29, 1.82) is 0 Å². The Hall–Kier alpha value is -4.30. The third-order valence-electron chi connectivity index (χ3n) is 4.84. The molecule has 1 aliphatic rings. The first-order chi connectivity index (χ1) is 14.5. The van der Waals surface area contributed by atoms with Crippen LogP contribution in [0.4, 0.5) is 0 Å². The highest BCUT2D eigenvalue weighted by atomic mass is 16.5. The van der Waals surface area contributed by atoms with Crippen molar-refractivity contribution in [3.63, 3.8) is 0 Å². The van der Waals surface area contributed by atoms with Crippen LogP contribution < -0.4 is 0 Å². The number of benzene rings is 3. The molecule has 0 atom stereocenters. The van der Waals surface area contributed by atoms with Gasteiger partial charge in [-0.2, -0.15) is 0 Å². The second kappa shape index (κ2) is 7.61. The largest absolute Gasteiger partial charge is 0.465 e. The van der Waals surface area contributed by atoms with Crippen LogP contribution >= 0.6 is 0 Å². The summed E-state index contributed by atoms with van der Waals surface area (Å²) < 4.78 is 4.80. The molecule has 0 bridgehead atoms. The number of fused-ring (bicyclic) bond motifs is 2. The van der Waals surface area contributed by atoms with Crippen molar-refractivity contribution in [3.05, 3.63) is 106 Å². The normalized spacial score (nSPS) is 11.6. The highest BCUT2D eigenvalue weighted by Gasteiger charge is 2.33. The standard InChI is InChI=1S/C25H14O5/c1-30-25(29)19-11-12-20-22(24(28)18-10-6-5-9-17(18)23(20)27)16(19)13-14-21(26)15-7-3-2-4-8-15/h2-12H,1H3. The van der Waals surface area contributed by atoms with Crippen LogP contribution in [-0.4, -0.2) is 30.4 Å². The van der Waals surface area contributed by atoms with Crippen LogP contribution in [0.5, 0.6) is 0 Å². The number of hydrogen-bond acceptors (Lipinski definition) is 5. The number of ketones is 3. The fourth-order valence-electron chi connectivity index (χ4n) is 3.38. The van der Waals surface area contributed by atoms with Crippen molar-refractivity contribution in [3.8, 4) is 11.8 Å². The van der Waals surface area contributed by atoms with Gasteiger partial charge in [0.1, 0.15) is 0 Å². The Balaban J connectivity index is 1.93. The Labute approximate surface area is 172 Å². The summed E-state index contributed by atoms with van der Waals surface area (Å²) in [5.41, 5.74) is 1.08. The Morgan fingerprint density at radius 2 is 1.40 bits per heavy atom. The maximum absolute atomic E-state index is 13.2. The number of esters is 1. The monoisotopic (exact) mass is 394 g/mol. The van der Waals surface area contributed by atoms with Crippen LogP contribution in [0.1, 0.15) is 58.1 Å². The highest BCUT2D eigenvalue weighted by molar-refractivity contribution is 6.29. The lowest BCUT2D eigenvalue weighted by molar-refractivity contribution is 0.0600. The van der Waals surface area contributed by atoms with Gasteiger partial charge in [0, 0.05) is 22.3 Å². The zero-order valence-corrected chi connectivity index (χ0v) is 15.9. The number of carbonyl (C=O) groups is 4. The van der Waals surface area contributed by atoms with Crippen LogP contribution in [0.3, 0.4) is 0 Å². The van der Waals surface area contributed by atoms with E-state index >= 15 is 0 Å². The van der Waals surface area contributed by atoms with Gasteiger partial charge in [0.15, 0.2) is 11.6 Å². The molecule has 0 saturated carbocycles. The summed E-state index contributed by atoms with van der Waals surface area (Å²) in [5, 5.41) is 0. The Kier molecular flexibility index (Phi) is 4.83. The van der Waals surface area contributed by atoms with E-state index in [0.29, 0.717) is 11.1 Å². The first-order valence-corrected chi connectivity index (χ1v) is 9.08. The van der Waals surface area contributed by atoms with Crippen molar-refractivity contribution < 1.29 is 23.9 Å². The van der Waals surface area contributed by atoms with Gasteiger partial charge < -0.3 is 4.74 Å². The van der Waals surface area contributed by atoms with Gasteiger partial charge in [0.2, 0.25) is 5.78 Å². The molecule has 0 aliphatic heterocycles. The predicted octanol–water partition coefficient (Wildman–Crippen LogP) is 3.48. The second-order valence-electron chi connectivity index (χ2n) is 6.55. The van der Waals surface area contributed by atoms with Crippen molar-refractivity contribution >= 4 is 23.3 Å². The SMILES string of the molecule is COC(=O)c1ccc2c(c1C#CC(=O)c1ccccc1)C(=O)c1ccccc1C2=O. The minimum Gasteiger partial charge on any atom is -0.465 e. The van der Waals surface area contributed by atoms with Gasteiger partial charge in [-0.25, -0.2) is 4.79 Å². The van der Waals surface area contributed by atoms with Crippen LogP contribution in [0.25, 0.3) is 0 Å². The lowest BCUT2D eigenvalue weighted by Crippen LogP contribution is -2.23. The number of carbonyl (C=O) groups excluding carboxylic acids is 4. The van der Waals surface area contributed by atoms with E-state index in [1.807, 2.05) is 0 Å². The Morgan fingerprint density at radius 1 is 0.767 bits per heavy atom. The van der Waals surface area contributed by atoms with E-state index in [9.17, 15) is 19.2 Å². The smallest absolute Gasteiger partial charge is 0.339 e. The molecule has 1 aliphatic carbocycles. The summed E-state index contributed by atoms with van der Waals surface area (Å²) in [4.78, 5) is 50.9. The molecule has 0 spiro atoms. The molecule has 3 aromatic carbocycles.